The molecule has 0 fully saturated rings. The monoisotopic (exact) mass is 333 g/mol. The zero-order valence-corrected chi connectivity index (χ0v) is 14.6. The van der Waals surface area contributed by atoms with Gasteiger partial charge < -0.3 is 5.73 Å². The third kappa shape index (κ3) is 2.44. The Labute approximate surface area is 145 Å². The molecule has 2 aromatic heterocycles. The number of fused-ring (bicyclic) bond motifs is 1. The van der Waals surface area contributed by atoms with Gasteiger partial charge in [-0.2, -0.15) is 0 Å². The summed E-state index contributed by atoms with van der Waals surface area (Å²) in [5.74, 6) is 0. The molecule has 0 saturated heterocycles. The van der Waals surface area contributed by atoms with Crippen LogP contribution >= 0.6 is 11.3 Å². The summed E-state index contributed by atoms with van der Waals surface area (Å²) < 4.78 is 2.14. The number of imidazole rings is 1. The van der Waals surface area contributed by atoms with Gasteiger partial charge >= 0.3 is 0 Å². The normalized spacial score (nSPS) is 11.3. The maximum absolute atomic E-state index is 6.06. The van der Waals surface area contributed by atoms with Crippen LogP contribution in [-0.4, -0.2) is 9.38 Å². The molecule has 2 aromatic carbocycles. The number of thiazole rings is 1. The van der Waals surface area contributed by atoms with Crippen molar-refractivity contribution in [2.75, 3.05) is 0 Å². The molecule has 120 valence electrons. The summed E-state index contributed by atoms with van der Waals surface area (Å²) in [5, 5.41) is 0. The first-order valence-corrected chi connectivity index (χ1v) is 8.83. The van der Waals surface area contributed by atoms with Crippen LogP contribution in [-0.2, 0) is 6.54 Å². The first-order valence-electron chi connectivity index (χ1n) is 8.01. The zero-order chi connectivity index (χ0) is 16.7. The van der Waals surface area contributed by atoms with Crippen LogP contribution in [0.25, 0.3) is 26.7 Å². The van der Waals surface area contributed by atoms with Crippen LogP contribution in [0.2, 0.25) is 0 Å². The van der Waals surface area contributed by atoms with Gasteiger partial charge in [-0.05, 0) is 36.6 Å². The van der Waals surface area contributed by atoms with E-state index in [9.17, 15) is 0 Å². The number of hydrogen-bond donors (Lipinski definition) is 1. The van der Waals surface area contributed by atoms with E-state index in [0.29, 0.717) is 6.54 Å². The third-order valence-corrected chi connectivity index (χ3v) is 5.49. The topological polar surface area (TPSA) is 43.3 Å². The van der Waals surface area contributed by atoms with Crippen LogP contribution in [0, 0.1) is 13.8 Å². The average Bonchev–Trinajstić information content (AvgIpc) is 3.15. The van der Waals surface area contributed by atoms with Crippen LogP contribution in [0.3, 0.4) is 0 Å². The molecule has 3 nitrogen and oxygen atoms in total. The van der Waals surface area contributed by atoms with E-state index in [2.05, 4.69) is 66.9 Å². The number of nitrogens with zero attached hydrogens (tertiary/aromatic N) is 2. The van der Waals surface area contributed by atoms with Crippen molar-refractivity contribution in [2.45, 2.75) is 20.4 Å². The van der Waals surface area contributed by atoms with Gasteiger partial charge in [0.05, 0.1) is 16.3 Å². The minimum absolute atomic E-state index is 0.467. The molecule has 4 rings (SSSR count). The first-order chi connectivity index (χ1) is 11.7. The predicted octanol–water partition coefficient (Wildman–Crippen LogP) is 4.81. The molecule has 2 heterocycles. The Morgan fingerprint density at radius 1 is 1.00 bits per heavy atom. The number of aromatic nitrogens is 2. The molecule has 0 saturated carbocycles. The Hall–Kier alpha value is -2.43. The Bertz CT molecular complexity index is 1010. The Morgan fingerprint density at radius 3 is 2.50 bits per heavy atom. The molecule has 0 aliphatic heterocycles. The average molecular weight is 333 g/mol. The molecule has 0 aliphatic carbocycles. The molecule has 0 amide bonds. The minimum atomic E-state index is 0.467. The highest BCUT2D eigenvalue weighted by Crippen LogP contribution is 2.33. The molecular formula is C20H19N3S. The van der Waals surface area contributed by atoms with E-state index in [4.69, 9.17) is 10.7 Å². The molecule has 4 aromatic rings. The summed E-state index contributed by atoms with van der Waals surface area (Å²) in [6.45, 7) is 4.72. The SMILES string of the molecule is Cc1ccc(-c2nc3sc(-c4ccccc4)cn3c2CN)cc1C. The smallest absolute Gasteiger partial charge is 0.195 e. The van der Waals surface area contributed by atoms with Crippen molar-refractivity contribution in [3.8, 4) is 21.7 Å². The summed E-state index contributed by atoms with van der Waals surface area (Å²) in [5.41, 5.74) is 13.0. The third-order valence-electron chi connectivity index (χ3n) is 4.46. The van der Waals surface area contributed by atoms with E-state index < -0.39 is 0 Å². The summed E-state index contributed by atoms with van der Waals surface area (Å²) in [7, 11) is 0. The predicted molar refractivity (Wildman–Crippen MR) is 101 cm³/mol. The van der Waals surface area contributed by atoms with Gasteiger partial charge in [-0.3, -0.25) is 4.40 Å². The molecule has 4 heteroatoms. The highest BCUT2D eigenvalue weighted by molar-refractivity contribution is 7.20. The van der Waals surface area contributed by atoms with Crippen molar-refractivity contribution in [2.24, 2.45) is 5.73 Å². The number of hydrogen-bond acceptors (Lipinski definition) is 3. The van der Waals surface area contributed by atoms with E-state index in [0.717, 1.165) is 21.9 Å². The molecule has 0 aliphatic rings. The summed E-state index contributed by atoms with van der Waals surface area (Å²) in [4.78, 5) is 7.07. The number of rotatable bonds is 3. The van der Waals surface area contributed by atoms with Crippen molar-refractivity contribution in [1.29, 1.82) is 0 Å². The molecular weight excluding hydrogens is 314 g/mol. The van der Waals surface area contributed by atoms with Gasteiger partial charge in [-0.15, -0.1) is 0 Å². The van der Waals surface area contributed by atoms with Gasteiger partial charge in [0.1, 0.15) is 0 Å². The standard InChI is InChI=1S/C20H19N3S/c1-13-8-9-16(10-14(13)2)19-17(11-21)23-12-18(24-20(23)22-19)15-6-4-3-5-7-15/h3-10,12H,11,21H2,1-2H3. The lowest BCUT2D eigenvalue weighted by Gasteiger charge is -2.05. The number of aryl methyl sites for hydroxylation is 2. The lowest BCUT2D eigenvalue weighted by Crippen LogP contribution is -2.01. The van der Waals surface area contributed by atoms with Gasteiger partial charge in [0.25, 0.3) is 0 Å². The van der Waals surface area contributed by atoms with Crippen LogP contribution in [0.1, 0.15) is 16.8 Å². The second kappa shape index (κ2) is 5.89. The van der Waals surface area contributed by atoms with Crippen molar-refractivity contribution in [1.82, 2.24) is 9.38 Å². The molecule has 0 unspecified atom stereocenters. The lowest BCUT2D eigenvalue weighted by molar-refractivity contribution is 0.970. The van der Waals surface area contributed by atoms with Crippen molar-refractivity contribution in [3.05, 3.63) is 71.5 Å². The van der Waals surface area contributed by atoms with Crippen LogP contribution in [0.5, 0.6) is 0 Å². The molecule has 0 radical (unpaired) electrons. The van der Waals surface area contributed by atoms with E-state index in [-0.39, 0.29) is 0 Å². The lowest BCUT2D eigenvalue weighted by atomic mass is 10.0. The fourth-order valence-electron chi connectivity index (χ4n) is 2.94. The molecule has 0 atom stereocenters. The van der Waals surface area contributed by atoms with Crippen molar-refractivity contribution in [3.63, 3.8) is 0 Å². The largest absolute Gasteiger partial charge is 0.325 e. The second-order valence-corrected chi connectivity index (χ2v) is 7.03. The highest BCUT2D eigenvalue weighted by Gasteiger charge is 2.16. The summed E-state index contributed by atoms with van der Waals surface area (Å²) in [6, 6.07) is 16.9. The van der Waals surface area contributed by atoms with Gasteiger partial charge in [-0.25, -0.2) is 4.98 Å². The molecule has 0 bridgehead atoms. The fraction of sp³-hybridized carbons (Fsp3) is 0.150. The minimum Gasteiger partial charge on any atom is -0.325 e. The van der Waals surface area contributed by atoms with Gasteiger partial charge in [0.15, 0.2) is 4.96 Å². The van der Waals surface area contributed by atoms with Gasteiger partial charge in [-0.1, -0.05) is 53.8 Å². The van der Waals surface area contributed by atoms with E-state index in [1.165, 1.54) is 21.6 Å². The Morgan fingerprint density at radius 2 is 1.79 bits per heavy atom. The molecule has 24 heavy (non-hydrogen) atoms. The van der Waals surface area contributed by atoms with Gasteiger partial charge in [0.2, 0.25) is 0 Å². The van der Waals surface area contributed by atoms with Crippen LogP contribution in [0.4, 0.5) is 0 Å². The fourth-order valence-corrected chi connectivity index (χ4v) is 3.95. The summed E-state index contributed by atoms with van der Waals surface area (Å²) in [6.07, 6.45) is 2.15. The maximum atomic E-state index is 6.06. The second-order valence-electron chi connectivity index (χ2n) is 6.02. The van der Waals surface area contributed by atoms with Crippen LogP contribution < -0.4 is 5.73 Å². The van der Waals surface area contributed by atoms with Crippen molar-refractivity contribution < 1.29 is 0 Å². The molecule has 2 N–H and O–H groups in total. The Balaban J connectivity index is 1.86. The highest BCUT2D eigenvalue weighted by atomic mass is 32.1. The maximum Gasteiger partial charge on any atom is 0.195 e. The van der Waals surface area contributed by atoms with E-state index in [1.807, 2.05) is 6.07 Å². The quantitative estimate of drug-likeness (QED) is 0.585. The summed E-state index contributed by atoms with van der Waals surface area (Å²) >= 11 is 1.70. The van der Waals surface area contributed by atoms with E-state index in [1.54, 1.807) is 11.3 Å². The van der Waals surface area contributed by atoms with Gasteiger partial charge in [0, 0.05) is 18.3 Å². The molecule has 0 spiro atoms. The van der Waals surface area contributed by atoms with Crippen molar-refractivity contribution >= 4 is 16.3 Å². The van der Waals surface area contributed by atoms with Crippen LogP contribution in [0.15, 0.2) is 54.7 Å². The number of nitrogens with two attached hydrogens (primary N) is 1. The van der Waals surface area contributed by atoms with E-state index >= 15 is 0 Å². The Kier molecular flexibility index (Phi) is 3.71. The number of benzene rings is 2. The first kappa shape index (κ1) is 15.1. The zero-order valence-electron chi connectivity index (χ0n) is 13.8.